The van der Waals surface area contributed by atoms with Gasteiger partial charge in [0, 0.05) is 6.20 Å². The highest BCUT2D eigenvalue weighted by Gasteiger charge is 2.58. The number of nitrogens with one attached hydrogen (secondary N) is 1. The lowest BCUT2D eigenvalue weighted by molar-refractivity contribution is -0.211. The first-order valence-corrected chi connectivity index (χ1v) is 13.2. The van der Waals surface area contributed by atoms with Crippen LogP contribution >= 0.6 is 47.9 Å². The number of rotatable bonds is 8. The van der Waals surface area contributed by atoms with Crippen molar-refractivity contribution in [3.63, 3.8) is 0 Å². The van der Waals surface area contributed by atoms with Crippen molar-refractivity contribution < 1.29 is 69.4 Å². The van der Waals surface area contributed by atoms with Gasteiger partial charge in [-0.25, -0.2) is 13.7 Å². The fraction of sp³-hybridized carbons (Fsp3) is 0.600. The Bertz CT molecular complexity index is 1100. The lowest BCUT2D eigenvalue weighted by Crippen LogP contribution is -2.39. The van der Waals surface area contributed by atoms with E-state index >= 15 is 0 Å². The molecule has 1 aliphatic heterocycles. The summed E-state index contributed by atoms with van der Waals surface area (Å²) in [7, 11) is -17.1. The van der Waals surface area contributed by atoms with Crippen molar-refractivity contribution in [3.05, 3.63) is 21.7 Å². The first-order valence-electron chi connectivity index (χ1n) is 7.81. The SMILES string of the molecule is O=P(O)(O)OP(=O)(O)OP(=O)(O)OC[C@H]1O[C@@H](n2ccc(=S)[nH]c2=S)C(C(F)(F)F)[C@H]1O. The summed E-state index contributed by atoms with van der Waals surface area (Å²) >= 11 is 9.69. The van der Waals surface area contributed by atoms with E-state index in [0.29, 0.717) is 0 Å². The average molecular weight is 568 g/mol. The number of hydrogen-bond acceptors (Lipinski definition) is 10. The number of halogens is 3. The van der Waals surface area contributed by atoms with Crippen LogP contribution < -0.4 is 0 Å². The smallest absolute Gasteiger partial charge is 0.389 e. The number of aromatic amines is 1. The molecule has 2 rings (SSSR count). The second-order valence-corrected chi connectivity index (χ2v) is 11.3. The van der Waals surface area contributed by atoms with Gasteiger partial charge in [-0.15, -0.1) is 0 Å². The molecular weight excluding hydrogens is 554 g/mol. The third kappa shape index (κ3) is 7.58. The number of aliphatic hydroxyl groups is 1. The average Bonchev–Trinajstić information content (AvgIpc) is 2.86. The molecule has 6 atom stereocenters. The van der Waals surface area contributed by atoms with Gasteiger partial charge in [0.1, 0.15) is 16.7 Å². The number of nitrogens with zero attached hydrogens (tertiary/aromatic N) is 1. The Balaban J connectivity index is 2.21. The maximum atomic E-state index is 13.5. The van der Waals surface area contributed by atoms with Crippen LogP contribution in [0.2, 0.25) is 0 Å². The Morgan fingerprint density at radius 2 is 1.72 bits per heavy atom. The fourth-order valence-electron chi connectivity index (χ4n) is 2.57. The molecule has 0 saturated carbocycles. The van der Waals surface area contributed by atoms with Crippen LogP contribution in [-0.2, 0) is 31.6 Å². The van der Waals surface area contributed by atoms with E-state index < -0.39 is 60.6 Å². The third-order valence-electron chi connectivity index (χ3n) is 3.69. The van der Waals surface area contributed by atoms with Crippen LogP contribution in [0.1, 0.15) is 6.23 Å². The minimum atomic E-state index is -5.84. The molecular formula is C10H14F3N2O12P3S2. The zero-order valence-electron chi connectivity index (χ0n) is 15.0. The van der Waals surface area contributed by atoms with Gasteiger partial charge in [-0.2, -0.15) is 21.8 Å². The van der Waals surface area contributed by atoms with Gasteiger partial charge < -0.3 is 34.4 Å². The molecule has 14 nitrogen and oxygen atoms in total. The minimum Gasteiger partial charge on any atom is -0.389 e. The van der Waals surface area contributed by atoms with Crippen molar-refractivity contribution in [2.75, 3.05) is 6.61 Å². The minimum absolute atomic E-state index is 0.0950. The Kier molecular flexibility index (Phi) is 8.46. The molecule has 2 heterocycles. The molecule has 1 aromatic heterocycles. The van der Waals surface area contributed by atoms with Crippen molar-refractivity contribution >= 4 is 47.9 Å². The number of H-pyrrole nitrogens is 1. The maximum Gasteiger partial charge on any atom is 0.490 e. The van der Waals surface area contributed by atoms with Gasteiger partial charge in [-0.1, -0.05) is 12.2 Å². The number of ether oxygens (including phenoxy) is 1. The number of phosphoric ester groups is 1. The predicted molar refractivity (Wildman–Crippen MR) is 99.7 cm³/mol. The molecule has 1 saturated heterocycles. The van der Waals surface area contributed by atoms with E-state index in [1.54, 1.807) is 0 Å². The van der Waals surface area contributed by atoms with Crippen LogP contribution in [0, 0.1) is 15.3 Å². The number of phosphoric acid groups is 3. The van der Waals surface area contributed by atoms with Crippen LogP contribution in [0.15, 0.2) is 12.3 Å². The van der Waals surface area contributed by atoms with Crippen LogP contribution in [0.25, 0.3) is 0 Å². The topological polar surface area (TPSA) is 210 Å². The summed E-state index contributed by atoms with van der Waals surface area (Å²) in [4.78, 5) is 37.8. The number of aromatic nitrogens is 2. The highest BCUT2D eigenvalue weighted by Crippen LogP contribution is 2.66. The van der Waals surface area contributed by atoms with E-state index in [9.17, 15) is 36.9 Å². The zero-order chi connectivity index (χ0) is 24.7. The number of hydrogen-bond donors (Lipinski definition) is 6. The first kappa shape index (κ1) is 27.9. The fourth-order valence-corrected chi connectivity index (χ4v) is 6.10. The van der Waals surface area contributed by atoms with Crippen molar-refractivity contribution in [2.45, 2.75) is 24.6 Å². The molecule has 0 radical (unpaired) electrons. The van der Waals surface area contributed by atoms with E-state index in [1.165, 1.54) is 6.07 Å². The van der Waals surface area contributed by atoms with Crippen LogP contribution in [0.4, 0.5) is 13.2 Å². The standard InChI is InChI=1S/C10H14F3N2O12P3S2/c11-10(12,13)6-7(16)4(25-8(6)15-2-1-5(31)14-9(15)32)3-24-29(20,21)27-30(22,23)26-28(17,18)19/h1-2,4,6-8,16H,3H2,(H,20,21)(H,22,23)(H,14,31,32)(H2,17,18,19)/t4-,6?,7+,8-/m1/s1. The van der Waals surface area contributed by atoms with Crippen molar-refractivity contribution in [1.82, 2.24) is 9.55 Å². The van der Waals surface area contributed by atoms with Crippen molar-refractivity contribution in [3.8, 4) is 0 Å². The summed E-state index contributed by atoms with van der Waals surface area (Å²) in [6.45, 7) is -1.29. The summed E-state index contributed by atoms with van der Waals surface area (Å²) < 4.78 is 91.1. The highest BCUT2D eigenvalue weighted by molar-refractivity contribution is 7.72. The molecule has 0 spiro atoms. The van der Waals surface area contributed by atoms with E-state index in [-0.39, 0.29) is 9.41 Å². The predicted octanol–water partition coefficient (Wildman–Crippen LogP) is 2.06. The van der Waals surface area contributed by atoms with E-state index in [2.05, 4.69) is 18.1 Å². The van der Waals surface area contributed by atoms with Gasteiger partial charge in [-0.05, 0) is 18.3 Å². The molecule has 0 amide bonds. The Hall–Kier alpha value is -0.360. The van der Waals surface area contributed by atoms with E-state index in [0.717, 1.165) is 10.8 Å². The quantitative estimate of drug-likeness (QED) is 0.196. The van der Waals surface area contributed by atoms with Gasteiger partial charge in [-0.3, -0.25) is 9.09 Å². The zero-order valence-corrected chi connectivity index (χ0v) is 19.3. The first-order chi connectivity index (χ1) is 14.3. The Labute approximate surface area is 186 Å². The van der Waals surface area contributed by atoms with Crippen molar-refractivity contribution in [1.29, 1.82) is 0 Å². The monoisotopic (exact) mass is 568 g/mol. The van der Waals surface area contributed by atoms with Crippen LogP contribution in [0.3, 0.4) is 0 Å². The van der Waals surface area contributed by atoms with Gasteiger partial charge in [0.15, 0.2) is 11.0 Å². The van der Waals surface area contributed by atoms with Crippen LogP contribution in [0.5, 0.6) is 0 Å². The van der Waals surface area contributed by atoms with Crippen molar-refractivity contribution in [2.24, 2.45) is 5.92 Å². The molecule has 0 bridgehead atoms. The Morgan fingerprint density at radius 3 is 2.22 bits per heavy atom. The molecule has 1 aliphatic rings. The summed E-state index contributed by atoms with van der Waals surface area (Å²) in [5.41, 5.74) is 0. The third-order valence-corrected chi connectivity index (χ3v) is 8.05. The van der Waals surface area contributed by atoms with Gasteiger partial charge in [0.05, 0.1) is 12.7 Å². The molecule has 6 N–H and O–H groups in total. The highest BCUT2D eigenvalue weighted by atomic mass is 32.1. The Morgan fingerprint density at radius 1 is 1.12 bits per heavy atom. The molecule has 3 unspecified atom stereocenters. The lowest BCUT2D eigenvalue weighted by atomic mass is 9.99. The second-order valence-electron chi connectivity index (χ2n) is 6.03. The summed E-state index contributed by atoms with van der Waals surface area (Å²) in [5, 5.41) is 10.1. The van der Waals surface area contributed by atoms with E-state index in [1.807, 2.05) is 0 Å². The molecule has 32 heavy (non-hydrogen) atoms. The molecule has 0 aromatic carbocycles. The molecule has 1 aromatic rings. The second kappa shape index (κ2) is 9.71. The molecule has 22 heteroatoms. The molecule has 0 aliphatic carbocycles. The summed E-state index contributed by atoms with van der Waals surface area (Å²) in [6.07, 6.45) is -10.2. The molecule has 184 valence electrons. The lowest BCUT2D eigenvalue weighted by Gasteiger charge is -2.24. The normalized spacial score (nSPS) is 28.2. The molecule has 1 fully saturated rings. The van der Waals surface area contributed by atoms with Gasteiger partial charge >= 0.3 is 29.6 Å². The van der Waals surface area contributed by atoms with Gasteiger partial charge in [0.2, 0.25) is 0 Å². The summed E-state index contributed by atoms with van der Waals surface area (Å²) in [5.74, 6) is -2.59. The number of aliphatic hydroxyl groups excluding tert-OH is 1. The maximum absolute atomic E-state index is 13.5. The number of alkyl halides is 3. The van der Waals surface area contributed by atoms with Crippen LogP contribution in [-0.4, -0.2) is 59.2 Å². The van der Waals surface area contributed by atoms with E-state index in [4.69, 9.17) is 43.9 Å². The largest absolute Gasteiger partial charge is 0.490 e. The van der Waals surface area contributed by atoms with Gasteiger partial charge in [0.25, 0.3) is 0 Å². The summed E-state index contributed by atoms with van der Waals surface area (Å²) in [6, 6.07) is 1.19.